The van der Waals surface area contributed by atoms with E-state index in [-0.39, 0.29) is 31.9 Å². The Balaban J connectivity index is 1.53. The Labute approximate surface area is 147 Å². The summed E-state index contributed by atoms with van der Waals surface area (Å²) in [5.41, 5.74) is -1.80. The van der Waals surface area contributed by atoms with Gasteiger partial charge in [0.2, 0.25) is 11.7 Å². The average molecular weight is 364 g/mol. The first-order chi connectivity index (χ1) is 11.9. The van der Waals surface area contributed by atoms with E-state index in [0.29, 0.717) is 16.4 Å². The molecule has 8 nitrogen and oxygen atoms in total. The molecule has 4 rings (SSSR count). The topological polar surface area (TPSA) is 117 Å². The van der Waals surface area contributed by atoms with E-state index >= 15 is 0 Å². The van der Waals surface area contributed by atoms with Gasteiger partial charge in [-0.3, -0.25) is 14.5 Å². The van der Waals surface area contributed by atoms with Gasteiger partial charge in [0.05, 0.1) is 22.4 Å². The lowest BCUT2D eigenvalue weighted by atomic mass is 9.97. The van der Waals surface area contributed by atoms with Gasteiger partial charge in [0.25, 0.3) is 0 Å². The number of carbonyl (C=O) groups is 2. The lowest BCUT2D eigenvalue weighted by Crippen LogP contribution is -2.28. The van der Waals surface area contributed by atoms with E-state index in [1.165, 1.54) is 0 Å². The number of rotatable bonds is 5. The van der Waals surface area contributed by atoms with Crippen LogP contribution in [-0.2, 0) is 16.1 Å². The van der Waals surface area contributed by atoms with Crippen molar-refractivity contribution in [3.05, 3.63) is 35.2 Å². The van der Waals surface area contributed by atoms with Crippen LogP contribution in [0.25, 0.3) is 11.4 Å². The minimum atomic E-state index is -1.22. The minimum absolute atomic E-state index is 0.151. The van der Waals surface area contributed by atoms with Crippen molar-refractivity contribution in [1.29, 1.82) is 0 Å². The third kappa shape index (κ3) is 2.25. The Hall–Kier alpha value is -2.45. The van der Waals surface area contributed by atoms with Crippen LogP contribution in [0.1, 0.15) is 12.3 Å². The van der Waals surface area contributed by atoms with E-state index in [0.717, 1.165) is 0 Å². The number of hydrogen-bond donors (Lipinski definition) is 2. The molecule has 2 aromatic rings. The standard InChI is InChI=1S/C16H14ClN3O5/c17-10-4-2-1-3-9(10)12-18-11(25-19-12)5-20-7-15(13(21)22)6-16(15,8-20)14(23)24/h1-4H,5-8H2,(H,21,22)(H,23,24)/t15-,16+. The zero-order chi connectivity index (χ0) is 17.8. The van der Waals surface area contributed by atoms with Crippen LogP contribution in [0.4, 0.5) is 0 Å². The van der Waals surface area contributed by atoms with Gasteiger partial charge in [-0.2, -0.15) is 4.98 Å². The smallest absolute Gasteiger partial charge is 0.312 e. The van der Waals surface area contributed by atoms with Crippen molar-refractivity contribution in [2.75, 3.05) is 13.1 Å². The number of benzene rings is 1. The number of halogens is 1. The molecular weight excluding hydrogens is 350 g/mol. The number of aliphatic carboxylic acids is 2. The fourth-order valence-corrected chi connectivity index (χ4v) is 4.00. The molecule has 2 aliphatic rings. The second kappa shape index (κ2) is 5.27. The second-order valence-electron chi connectivity index (χ2n) is 6.59. The minimum Gasteiger partial charge on any atom is -0.481 e. The summed E-state index contributed by atoms with van der Waals surface area (Å²) in [6, 6.07) is 7.08. The Morgan fingerprint density at radius 3 is 2.44 bits per heavy atom. The van der Waals surface area contributed by atoms with Crippen LogP contribution in [0.3, 0.4) is 0 Å². The van der Waals surface area contributed by atoms with Crippen LogP contribution in [-0.4, -0.2) is 50.3 Å². The highest BCUT2D eigenvalue weighted by atomic mass is 35.5. The molecule has 0 bridgehead atoms. The zero-order valence-electron chi connectivity index (χ0n) is 13.0. The van der Waals surface area contributed by atoms with Gasteiger partial charge >= 0.3 is 11.9 Å². The zero-order valence-corrected chi connectivity index (χ0v) is 13.7. The third-order valence-electron chi connectivity index (χ3n) is 5.14. The first kappa shape index (κ1) is 16.0. The molecule has 1 aliphatic carbocycles. The van der Waals surface area contributed by atoms with Gasteiger partial charge in [-0.25, -0.2) is 0 Å². The quantitative estimate of drug-likeness (QED) is 0.825. The highest BCUT2D eigenvalue weighted by Gasteiger charge is 2.80. The molecule has 2 atom stereocenters. The van der Waals surface area contributed by atoms with E-state index in [9.17, 15) is 19.8 Å². The summed E-state index contributed by atoms with van der Waals surface area (Å²) >= 11 is 6.11. The summed E-state index contributed by atoms with van der Waals surface area (Å²) in [6.07, 6.45) is 0.163. The molecule has 0 spiro atoms. The predicted octanol–water partition coefficient (Wildman–Crippen LogP) is 1.75. The van der Waals surface area contributed by atoms with Gasteiger partial charge in [-0.1, -0.05) is 28.9 Å². The van der Waals surface area contributed by atoms with E-state index in [2.05, 4.69) is 10.1 Å². The summed E-state index contributed by atoms with van der Waals surface area (Å²) in [5, 5.41) is 23.3. The Bertz CT molecular complexity index is 856. The van der Waals surface area contributed by atoms with Crippen molar-refractivity contribution in [1.82, 2.24) is 15.0 Å². The third-order valence-corrected chi connectivity index (χ3v) is 5.47. The number of carboxylic acid groups (broad SMARTS) is 2. The van der Waals surface area contributed by atoms with Gasteiger partial charge in [0.1, 0.15) is 0 Å². The van der Waals surface area contributed by atoms with Crippen molar-refractivity contribution >= 4 is 23.5 Å². The molecule has 1 aliphatic heterocycles. The molecule has 0 radical (unpaired) electrons. The summed E-state index contributed by atoms with van der Waals surface area (Å²) in [6.45, 7) is 0.498. The van der Waals surface area contributed by atoms with E-state index < -0.39 is 22.8 Å². The molecule has 9 heteroatoms. The van der Waals surface area contributed by atoms with E-state index in [1.54, 1.807) is 29.2 Å². The van der Waals surface area contributed by atoms with Gasteiger partial charge < -0.3 is 14.7 Å². The molecule has 1 saturated carbocycles. The van der Waals surface area contributed by atoms with Gasteiger partial charge in [-0.15, -0.1) is 0 Å². The fraction of sp³-hybridized carbons (Fsp3) is 0.375. The first-order valence-electron chi connectivity index (χ1n) is 7.65. The monoisotopic (exact) mass is 363 g/mol. The Kier molecular flexibility index (Phi) is 3.38. The van der Waals surface area contributed by atoms with Crippen molar-refractivity contribution in [3.8, 4) is 11.4 Å². The van der Waals surface area contributed by atoms with Crippen LogP contribution in [0.15, 0.2) is 28.8 Å². The van der Waals surface area contributed by atoms with Gasteiger partial charge in [0, 0.05) is 18.7 Å². The van der Waals surface area contributed by atoms with Crippen LogP contribution in [0, 0.1) is 10.8 Å². The average Bonchev–Trinajstić information content (AvgIpc) is 2.88. The lowest BCUT2D eigenvalue weighted by Gasteiger charge is -2.16. The highest BCUT2D eigenvalue weighted by molar-refractivity contribution is 6.33. The number of nitrogens with zero attached hydrogens (tertiary/aromatic N) is 3. The number of likely N-dealkylation sites (tertiary alicyclic amines) is 1. The van der Waals surface area contributed by atoms with Crippen LogP contribution in [0.2, 0.25) is 5.02 Å². The molecule has 0 amide bonds. The SMILES string of the molecule is O=C(O)[C@@]12CN(Cc3nc(-c4ccccc4Cl)no3)C[C@]1(C(=O)O)C2. The molecular formula is C16H14ClN3O5. The van der Waals surface area contributed by atoms with Crippen LogP contribution >= 0.6 is 11.6 Å². The molecule has 1 aromatic carbocycles. The molecule has 1 saturated heterocycles. The number of piperidine rings is 1. The van der Waals surface area contributed by atoms with Crippen molar-refractivity contribution in [2.24, 2.45) is 10.8 Å². The van der Waals surface area contributed by atoms with Crippen molar-refractivity contribution in [2.45, 2.75) is 13.0 Å². The molecule has 2 N–H and O–H groups in total. The maximum Gasteiger partial charge on any atom is 0.312 e. The predicted molar refractivity (Wildman–Crippen MR) is 84.8 cm³/mol. The summed E-state index contributed by atoms with van der Waals surface area (Å²) in [4.78, 5) is 29.1. The van der Waals surface area contributed by atoms with E-state index in [4.69, 9.17) is 16.1 Å². The summed E-state index contributed by atoms with van der Waals surface area (Å²) in [5.74, 6) is -1.51. The van der Waals surface area contributed by atoms with Crippen molar-refractivity contribution in [3.63, 3.8) is 0 Å². The maximum absolute atomic E-state index is 11.5. The largest absolute Gasteiger partial charge is 0.481 e. The molecule has 1 aromatic heterocycles. The highest BCUT2D eigenvalue weighted by Crippen LogP contribution is 2.68. The van der Waals surface area contributed by atoms with Crippen LogP contribution < -0.4 is 0 Å². The van der Waals surface area contributed by atoms with E-state index in [1.807, 2.05) is 0 Å². The van der Waals surface area contributed by atoms with Crippen LogP contribution in [0.5, 0.6) is 0 Å². The fourth-order valence-electron chi connectivity index (χ4n) is 3.77. The Morgan fingerprint density at radius 2 is 1.84 bits per heavy atom. The summed E-state index contributed by atoms with van der Waals surface area (Å²) in [7, 11) is 0. The van der Waals surface area contributed by atoms with Gasteiger partial charge in [0.15, 0.2) is 0 Å². The molecule has 2 heterocycles. The maximum atomic E-state index is 11.5. The normalized spacial score (nSPS) is 27.9. The number of hydrogen-bond acceptors (Lipinski definition) is 6. The van der Waals surface area contributed by atoms with Crippen molar-refractivity contribution < 1.29 is 24.3 Å². The molecule has 25 heavy (non-hydrogen) atoms. The molecule has 2 fully saturated rings. The lowest BCUT2D eigenvalue weighted by molar-refractivity contribution is -0.151. The molecule has 0 unspecified atom stereocenters. The Morgan fingerprint density at radius 1 is 1.20 bits per heavy atom. The first-order valence-corrected chi connectivity index (χ1v) is 8.02. The molecule has 130 valence electrons. The number of fused-ring (bicyclic) bond motifs is 1. The number of aromatic nitrogens is 2. The summed E-state index contributed by atoms with van der Waals surface area (Å²) < 4.78 is 5.22. The number of carboxylic acids is 2. The van der Waals surface area contributed by atoms with Gasteiger partial charge in [-0.05, 0) is 18.6 Å². The second-order valence-corrected chi connectivity index (χ2v) is 7.00.